The Bertz CT molecular complexity index is 124. The summed E-state index contributed by atoms with van der Waals surface area (Å²) in [5, 5.41) is 2.68. The minimum absolute atomic E-state index is 0.899. The Kier molecular flexibility index (Phi) is 4.26. The molecule has 0 aromatic heterocycles. The molecule has 0 aromatic rings. The molecule has 2 fully saturated rings. The van der Waals surface area contributed by atoms with E-state index < -0.39 is 0 Å². The monoisotopic (exact) mass is 197 g/mol. The van der Waals surface area contributed by atoms with Gasteiger partial charge >= 0.3 is 0 Å². The van der Waals surface area contributed by atoms with E-state index >= 15 is 0 Å². The van der Waals surface area contributed by atoms with Crippen molar-refractivity contribution in [1.29, 1.82) is 0 Å². The van der Waals surface area contributed by atoms with Gasteiger partial charge in [-0.1, -0.05) is 25.7 Å². The standard InChI is InChI=1S/C12H24N2/c1-2-5-9-12(8-4-1)14-11-7-3-6-10-13-14/h12-13H,1-11H2/p+1. The zero-order valence-corrected chi connectivity index (χ0v) is 9.38. The summed E-state index contributed by atoms with van der Waals surface area (Å²) in [5.74, 6) is 0. The zero-order chi connectivity index (χ0) is 9.64. The second-order valence-electron chi connectivity index (χ2n) is 4.92. The van der Waals surface area contributed by atoms with Gasteiger partial charge in [-0.2, -0.15) is 5.01 Å². The molecule has 2 aliphatic rings. The molecule has 2 heteroatoms. The van der Waals surface area contributed by atoms with Crippen LogP contribution in [0.3, 0.4) is 0 Å². The first-order chi connectivity index (χ1) is 6.97. The lowest BCUT2D eigenvalue weighted by atomic mass is 10.1. The highest BCUT2D eigenvalue weighted by Crippen LogP contribution is 2.20. The molecule has 2 N–H and O–H groups in total. The van der Waals surface area contributed by atoms with Gasteiger partial charge in [0.05, 0.1) is 12.6 Å². The fraction of sp³-hybridized carbons (Fsp3) is 1.00. The molecule has 0 unspecified atom stereocenters. The maximum Gasteiger partial charge on any atom is 0.0931 e. The highest BCUT2D eigenvalue weighted by Gasteiger charge is 2.23. The van der Waals surface area contributed by atoms with Crippen molar-refractivity contribution in [3.63, 3.8) is 0 Å². The molecule has 0 atom stereocenters. The largest absolute Gasteiger partial charge is 0.266 e. The lowest BCUT2D eigenvalue weighted by Crippen LogP contribution is -2.95. The predicted molar refractivity (Wildman–Crippen MR) is 58.8 cm³/mol. The molecule has 14 heavy (non-hydrogen) atoms. The number of hydrogen-bond donors (Lipinski definition) is 1. The van der Waals surface area contributed by atoms with Crippen LogP contribution in [-0.4, -0.2) is 24.1 Å². The second kappa shape index (κ2) is 5.72. The highest BCUT2D eigenvalue weighted by atomic mass is 15.5. The minimum atomic E-state index is 0.899. The predicted octanol–water partition coefficient (Wildman–Crippen LogP) is 1.67. The summed E-state index contributed by atoms with van der Waals surface area (Å²) in [6.45, 7) is 2.67. The Morgan fingerprint density at radius 3 is 2.29 bits per heavy atom. The van der Waals surface area contributed by atoms with Crippen LogP contribution in [0.5, 0.6) is 0 Å². The van der Waals surface area contributed by atoms with Crippen molar-refractivity contribution in [3.05, 3.63) is 0 Å². The Morgan fingerprint density at radius 2 is 1.50 bits per heavy atom. The van der Waals surface area contributed by atoms with Crippen molar-refractivity contribution in [3.8, 4) is 0 Å². The first-order valence-corrected chi connectivity index (χ1v) is 6.56. The quantitative estimate of drug-likeness (QED) is 0.501. The molecule has 2 rings (SSSR count). The third-order valence-electron chi connectivity index (χ3n) is 3.78. The number of nitrogens with two attached hydrogens (primary N) is 1. The molecule has 0 spiro atoms. The van der Waals surface area contributed by atoms with Crippen LogP contribution in [0.2, 0.25) is 0 Å². The van der Waals surface area contributed by atoms with E-state index in [9.17, 15) is 0 Å². The minimum Gasteiger partial charge on any atom is -0.266 e. The van der Waals surface area contributed by atoms with Crippen molar-refractivity contribution >= 4 is 0 Å². The molecule has 82 valence electrons. The number of rotatable bonds is 1. The van der Waals surface area contributed by atoms with Crippen LogP contribution in [0.4, 0.5) is 0 Å². The van der Waals surface area contributed by atoms with Gasteiger partial charge in [0.1, 0.15) is 0 Å². The summed E-state index contributed by atoms with van der Waals surface area (Å²) in [4.78, 5) is 0. The molecule has 0 amide bonds. The molecule has 1 saturated heterocycles. The van der Waals surface area contributed by atoms with E-state index in [2.05, 4.69) is 10.4 Å². The summed E-state index contributed by atoms with van der Waals surface area (Å²) in [5.41, 5.74) is 2.50. The van der Waals surface area contributed by atoms with E-state index in [0.29, 0.717) is 0 Å². The lowest BCUT2D eigenvalue weighted by molar-refractivity contribution is -0.809. The summed E-state index contributed by atoms with van der Waals surface area (Å²) in [6, 6.07) is 0.899. The van der Waals surface area contributed by atoms with E-state index in [1.54, 1.807) is 0 Å². The molecule has 1 saturated carbocycles. The number of nitrogens with zero attached hydrogens (tertiary/aromatic N) is 1. The van der Waals surface area contributed by atoms with Gasteiger partial charge in [0.2, 0.25) is 0 Å². The van der Waals surface area contributed by atoms with Gasteiger partial charge in [0.15, 0.2) is 0 Å². The number of hydrogen-bond acceptors (Lipinski definition) is 1. The topological polar surface area (TPSA) is 19.9 Å². The molecule has 0 aromatic carbocycles. The van der Waals surface area contributed by atoms with Crippen molar-refractivity contribution in [2.75, 3.05) is 13.1 Å². The Labute approximate surface area is 88.0 Å². The third kappa shape index (κ3) is 2.96. The molecule has 1 heterocycles. The van der Waals surface area contributed by atoms with E-state index in [-0.39, 0.29) is 0 Å². The van der Waals surface area contributed by atoms with Crippen LogP contribution in [0.25, 0.3) is 0 Å². The van der Waals surface area contributed by atoms with Crippen LogP contribution in [0, 0.1) is 0 Å². The molecule has 1 aliphatic carbocycles. The van der Waals surface area contributed by atoms with Gasteiger partial charge in [-0.15, -0.1) is 0 Å². The maximum atomic E-state index is 2.68. The van der Waals surface area contributed by atoms with Gasteiger partial charge in [0.25, 0.3) is 0 Å². The van der Waals surface area contributed by atoms with E-state index in [0.717, 1.165) is 6.04 Å². The molecule has 1 aliphatic heterocycles. The number of quaternary nitrogens is 1. The Morgan fingerprint density at radius 1 is 0.786 bits per heavy atom. The smallest absolute Gasteiger partial charge is 0.0931 e. The average molecular weight is 197 g/mol. The summed E-state index contributed by atoms with van der Waals surface area (Å²) in [7, 11) is 0. The van der Waals surface area contributed by atoms with Gasteiger partial charge in [0, 0.05) is 6.54 Å². The van der Waals surface area contributed by atoms with E-state index in [4.69, 9.17) is 0 Å². The zero-order valence-electron chi connectivity index (χ0n) is 9.38. The Balaban J connectivity index is 1.83. The van der Waals surface area contributed by atoms with Gasteiger partial charge in [-0.05, 0) is 32.1 Å². The second-order valence-corrected chi connectivity index (χ2v) is 4.92. The van der Waals surface area contributed by atoms with Crippen LogP contribution in [0.15, 0.2) is 0 Å². The SMILES string of the molecule is C1CCCC(N2CCCCC[NH2+]2)CC1. The van der Waals surface area contributed by atoms with Crippen LogP contribution in [0.1, 0.15) is 57.8 Å². The fourth-order valence-corrected chi connectivity index (χ4v) is 2.88. The molecular formula is C12H25N2+. The average Bonchev–Trinajstić information content (AvgIpc) is 2.62. The van der Waals surface area contributed by atoms with Crippen LogP contribution in [-0.2, 0) is 0 Å². The molecule has 0 bridgehead atoms. The van der Waals surface area contributed by atoms with E-state index in [1.807, 2.05) is 0 Å². The normalized spacial score (nSPS) is 28.3. The molecule has 0 radical (unpaired) electrons. The molecular weight excluding hydrogens is 172 g/mol. The summed E-state index contributed by atoms with van der Waals surface area (Å²) < 4.78 is 0. The van der Waals surface area contributed by atoms with Gasteiger partial charge < -0.3 is 0 Å². The Hall–Kier alpha value is -0.0800. The molecule has 2 nitrogen and oxygen atoms in total. The van der Waals surface area contributed by atoms with Crippen LogP contribution < -0.4 is 5.43 Å². The summed E-state index contributed by atoms with van der Waals surface area (Å²) in [6.07, 6.45) is 13.1. The van der Waals surface area contributed by atoms with Gasteiger partial charge in [-0.25, -0.2) is 0 Å². The lowest BCUT2D eigenvalue weighted by Gasteiger charge is -2.26. The fourth-order valence-electron chi connectivity index (χ4n) is 2.88. The van der Waals surface area contributed by atoms with Crippen molar-refractivity contribution in [2.45, 2.75) is 63.8 Å². The van der Waals surface area contributed by atoms with Crippen molar-refractivity contribution < 1.29 is 5.43 Å². The first-order valence-electron chi connectivity index (χ1n) is 6.56. The first kappa shape index (κ1) is 10.4. The third-order valence-corrected chi connectivity index (χ3v) is 3.78. The van der Waals surface area contributed by atoms with Gasteiger partial charge in [-0.3, -0.25) is 5.43 Å². The van der Waals surface area contributed by atoms with Crippen LogP contribution >= 0.6 is 0 Å². The van der Waals surface area contributed by atoms with Crippen molar-refractivity contribution in [1.82, 2.24) is 5.01 Å². The highest BCUT2D eigenvalue weighted by molar-refractivity contribution is 4.70. The van der Waals surface area contributed by atoms with Crippen molar-refractivity contribution in [2.24, 2.45) is 0 Å². The summed E-state index contributed by atoms with van der Waals surface area (Å²) >= 11 is 0. The maximum absolute atomic E-state index is 2.68. The van der Waals surface area contributed by atoms with E-state index in [1.165, 1.54) is 70.9 Å².